The third kappa shape index (κ3) is 3.25. The zero-order valence-electron chi connectivity index (χ0n) is 11.5. The topological polar surface area (TPSA) is 37.8 Å². The first-order valence-electron chi connectivity index (χ1n) is 6.60. The number of anilines is 1. The molecule has 3 aromatic rings. The molecule has 0 saturated carbocycles. The zero-order chi connectivity index (χ0) is 14.7. The zero-order valence-corrected chi connectivity index (χ0v) is 12.3. The van der Waals surface area contributed by atoms with Crippen LogP contribution in [0.15, 0.2) is 48.5 Å². The van der Waals surface area contributed by atoms with Gasteiger partial charge in [0.2, 0.25) is 5.95 Å². The van der Waals surface area contributed by atoms with Gasteiger partial charge in [0.25, 0.3) is 0 Å². The van der Waals surface area contributed by atoms with Crippen molar-refractivity contribution >= 4 is 17.2 Å². The van der Waals surface area contributed by atoms with Gasteiger partial charge in [-0.25, -0.2) is 9.97 Å². The highest BCUT2D eigenvalue weighted by atomic mass is 32.1. The molecule has 1 aromatic carbocycles. The molecule has 1 N–H and O–H groups in total. The van der Waals surface area contributed by atoms with Crippen LogP contribution in [0.1, 0.15) is 10.6 Å². The van der Waals surface area contributed by atoms with Crippen molar-refractivity contribution in [1.82, 2.24) is 9.97 Å². The quantitative estimate of drug-likeness (QED) is 0.731. The van der Waals surface area contributed by atoms with E-state index in [1.165, 1.54) is 6.07 Å². The van der Waals surface area contributed by atoms with E-state index in [4.69, 9.17) is 0 Å². The van der Waals surface area contributed by atoms with Crippen molar-refractivity contribution < 1.29 is 4.39 Å². The molecule has 0 aliphatic heterocycles. The number of thiazole rings is 1. The molecule has 0 aliphatic carbocycles. The molecule has 3 nitrogen and oxygen atoms in total. The van der Waals surface area contributed by atoms with Crippen LogP contribution >= 0.6 is 11.3 Å². The van der Waals surface area contributed by atoms with Crippen LogP contribution in [0.25, 0.3) is 10.6 Å². The molecule has 106 valence electrons. The molecule has 0 spiro atoms. The Kier molecular flexibility index (Phi) is 3.92. The summed E-state index contributed by atoms with van der Waals surface area (Å²) in [5, 5.41) is 4.12. The molecule has 0 aliphatic rings. The summed E-state index contributed by atoms with van der Waals surface area (Å²) in [4.78, 5) is 9.51. The Hall–Kier alpha value is -2.27. The number of benzene rings is 1. The van der Waals surface area contributed by atoms with Crippen LogP contribution in [0.4, 0.5) is 10.2 Å². The lowest BCUT2D eigenvalue weighted by molar-refractivity contribution is 0.585. The predicted octanol–water partition coefficient (Wildman–Crippen LogP) is 4.26. The molecule has 0 bridgehead atoms. The van der Waals surface area contributed by atoms with E-state index in [0.29, 0.717) is 12.4 Å². The predicted molar refractivity (Wildman–Crippen MR) is 83.8 cm³/mol. The first kappa shape index (κ1) is 13.7. The lowest BCUT2D eigenvalue weighted by atomic mass is 10.2. The summed E-state index contributed by atoms with van der Waals surface area (Å²) in [5.41, 5.74) is 2.10. The van der Waals surface area contributed by atoms with E-state index in [0.717, 1.165) is 21.1 Å². The molecule has 0 fully saturated rings. The summed E-state index contributed by atoms with van der Waals surface area (Å²) in [6.07, 6.45) is 0. The fourth-order valence-electron chi connectivity index (χ4n) is 1.97. The second-order valence-corrected chi connectivity index (χ2v) is 5.68. The van der Waals surface area contributed by atoms with Gasteiger partial charge in [0, 0.05) is 10.4 Å². The van der Waals surface area contributed by atoms with Crippen LogP contribution in [0.2, 0.25) is 0 Å². The number of nitrogens with one attached hydrogen (secondary N) is 1. The van der Waals surface area contributed by atoms with Gasteiger partial charge in [-0.3, -0.25) is 0 Å². The highest BCUT2D eigenvalue weighted by Gasteiger charge is 2.09. The Morgan fingerprint density at radius 2 is 1.86 bits per heavy atom. The minimum Gasteiger partial charge on any atom is -0.365 e. The van der Waals surface area contributed by atoms with Crippen LogP contribution < -0.4 is 5.32 Å². The Morgan fingerprint density at radius 3 is 2.62 bits per heavy atom. The minimum atomic E-state index is -0.481. The molecular formula is C16H14FN3S. The number of aryl methyl sites for hydroxylation is 1. The molecule has 21 heavy (non-hydrogen) atoms. The molecule has 0 atom stereocenters. The lowest BCUT2D eigenvalue weighted by Crippen LogP contribution is -2.01. The molecule has 2 aromatic heterocycles. The Balaban J connectivity index is 1.76. The Labute approximate surface area is 126 Å². The van der Waals surface area contributed by atoms with Gasteiger partial charge in [-0.05, 0) is 19.1 Å². The summed E-state index contributed by atoms with van der Waals surface area (Å²) in [6, 6.07) is 14.8. The van der Waals surface area contributed by atoms with Gasteiger partial charge in [-0.2, -0.15) is 4.39 Å². The van der Waals surface area contributed by atoms with Gasteiger partial charge in [-0.15, -0.1) is 11.3 Å². The fraction of sp³-hybridized carbons (Fsp3) is 0.125. The minimum absolute atomic E-state index is 0.481. The number of rotatable bonds is 4. The average molecular weight is 299 g/mol. The summed E-state index contributed by atoms with van der Waals surface area (Å²) >= 11 is 1.64. The van der Waals surface area contributed by atoms with E-state index in [1.54, 1.807) is 23.5 Å². The van der Waals surface area contributed by atoms with Crippen LogP contribution in [0.5, 0.6) is 0 Å². The Morgan fingerprint density at radius 1 is 1.05 bits per heavy atom. The van der Waals surface area contributed by atoms with Crippen molar-refractivity contribution in [1.29, 1.82) is 0 Å². The van der Waals surface area contributed by atoms with E-state index in [9.17, 15) is 4.39 Å². The van der Waals surface area contributed by atoms with E-state index < -0.39 is 5.95 Å². The number of hydrogen-bond donors (Lipinski definition) is 1. The van der Waals surface area contributed by atoms with Gasteiger partial charge in [-0.1, -0.05) is 36.4 Å². The summed E-state index contributed by atoms with van der Waals surface area (Å²) in [5.74, 6) is 0.0510. The number of nitrogens with zero attached hydrogens (tertiary/aromatic N) is 2. The van der Waals surface area contributed by atoms with Gasteiger partial charge in [0.05, 0.1) is 12.2 Å². The van der Waals surface area contributed by atoms with Crippen LogP contribution in [-0.2, 0) is 6.54 Å². The lowest BCUT2D eigenvalue weighted by Gasteiger charge is -2.03. The highest BCUT2D eigenvalue weighted by molar-refractivity contribution is 7.15. The Bertz CT molecular complexity index is 740. The summed E-state index contributed by atoms with van der Waals surface area (Å²) < 4.78 is 13.0. The number of pyridine rings is 1. The second-order valence-electron chi connectivity index (χ2n) is 4.59. The van der Waals surface area contributed by atoms with Gasteiger partial charge < -0.3 is 5.32 Å². The van der Waals surface area contributed by atoms with E-state index in [-0.39, 0.29) is 0 Å². The molecule has 0 amide bonds. The van der Waals surface area contributed by atoms with E-state index >= 15 is 0 Å². The first-order chi connectivity index (χ1) is 10.2. The molecule has 2 heterocycles. The standard InChI is InChI=1S/C16H14FN3S/c1-11-13(10-18-15-9-5-8-14(17)20-15)21-16(19-11)12-6-3-2-4-7-12/h2-9H,10H2,1H3,(H,18,20). The number of halogens is 1. The van der Waals surface area contributed by atoms with Crippen molar-refractivity contribution in [3.63, 3.8) is 0 Å². The second kappa shape index (κ2) is 6.01. The molecule has 0 radical (unpaired) electrons. The van der Waals surface area contributed by atoms with Crippen LogP contribution in [0, 0.1) is 12.9 Å². The SMILES string of the molecule is Cc1nc(-c2ccccc2)sc1CNc1cccc(F)n1. The maximum Gasteiger partial charge on any atom is 0.214 e. The largest absolute Gasteiger partial charge is 0.365 e. The summed E-state index contributed by atoms with van der Waals surface area (Å²) in [7, 11) is 0. The average Bonchev–Trinajstić information content (AvgIpc) is 2.87. The van der Waals surface area contributed by atoms with Crippen molar-refractivity contribution in [2.75, 3.05) is 5.32 Å². The smallest absolute Gasteiger partial charge is 0.214 e. The maximum absolute atomic E-state index is 13.0. The highest BCUT2D eigenvalue weighted by Crippen LogP contribution is 2.28. The third-order valence-corrected chi connectivity index (χ3v) is 4.27. The van der Waals surface area contributed by atoms with Crippen molar-refractivity contribution in [3.05, 3.63) is 65.0 Å². The monoisotopic (exact) mass is 299 g/mol. The van der Waals surface area contributed by atoms with Crippen LogP contribution in [0.3, 0.4) is 0 Å². The fourth-order valence-corrected chi connectivity index (χ4v) is 2.98. The number of hydrogen-bond acceptors (Lipinski definition) is 4. The van der Waals surface area contributed by atoms with Crippen molar-refractivity contribution in [2.24, 2.45) is 0 Å². The molecule has 0 saturated heterocycles. The molecule has 0 unspecified atom stereocenters. The van der Waals surface area contributed by atoms with Crippen LogP contribution in [-0.4, -0.2) is 9.97 Å². The normalized spacial score (nSPS) is 10.6. The van der Waals surface area contributed by atoms with Crippen molar-refractivity contribution in [2.45, 2.75) is 13.5 Å². The summed E-state index contributed by atoms with van der Waals surface area (Å²) in [6.45, 7) is 2.58. The maximum atomic E-state index is 13.0. The molecule has 5 heteroatoms. The van der Waals surface area contributed by atoms with Gasteiger partial charge in [0.1, 0.15) is 10.8 Å². The van der Waals surface area contributed by atoms with E-state index in [2.05, 4.69) is 15.3 Å². The van der Waals surface area contributed by atoms with Gasteiger partial charge >= 0.3 is 0 Å². The molecular weight excluding hydrogens is 285 g/mol. The van der Waals surface area contributed by atoms with E-state index in [1.807, 2.05) is 37.3 Å². The van der Waals surface area contributed by atoms with Gasteiger partial charge in [0.15, 0.2) is 0 Å². The number of aromatic nitrogens is 2. The molecule has 3 rings (SSSR count). The first-order valence-corrected chi connectivity index (χ1v) is 7.42. The third-order valence-electron chi connectivity index (χ3n) is 3.06. The van der Waals surface area contributed by atoms with Crippen molar-refractivity contribution in [3.8, 4) is 10.6 Å².